The van der Waals surface area contributed by atoms with Gasteiger partial charge in [0.2, 0.25) is 5.91 Å². The zero-order valence-electron chi connectivity index (χ0n) is 16.3. The second kappa shape index (κ2) is 9.39. The van der Waals surface area contributed by atoms with Crippen molar-refractivity contribution in [1.82, 2.24) is 9.80 Å². The zero-order valence-corrected chi connectivity index (χ0v) is 17.1. The van der Waals surface area contributed by atoms with Gasteiger partial charge in [0.05, 0.1) is 7.11 Å². The first kappa shape index (κ1) is 20.6. The van der Waals surface area contributed by atoms with Crippen molar-refractivity contribution in [1.29, 1.82) is 0 Å². The van der Waals surface area contributed by atoms with Gasteiger partial charge in [0.15, 0.2) is 0 Å². The van der Waals surface area contributed by atoms with Crippen LogP contribution in [0.25, 0.3) is 0 Å². The standard InChI is InChI=1S/C22H26ClFN2O2/c1-25(14-16-6-8-18(28-2)9-7-16)22(27)17-10-12-26(13-11-17)15-19-20(23)4-3-5-21(19)24/h3-9,17H,10-15H2,1-2H3. The van der Waals surface area contributed by atoms with Crippen LogP contribution < -0.4 is 4.74 Å². The SMILES string of the molecule is COc1ccc(CN(C)C(=O)C2CCN(Cc3c(F)cccc3Cl)CC2)cc1. The first-order valence-corrected chi connectivity index (χ1v) is 9.89. The van der Waals surface area contributed by atoms with Crippen LogP contribution >= 0.6 is 11.6 Å². The average molecular weight is 405 g/mol. The van der Waals surface area contributed by atoms with Gasteiger partial charge < -0.3 is 9.64 Å². The molecule has 0 spiro atoms. The molecule has 6 heteroatoms. The average Bonchev–Trinajstić information content (AvgIpc) is 2.71. The van der Waals surface area contributed by atoms with Crippen molar-refractivity contribution >= 4 is 17.5 Å². The number of methoxy groups -OCH3 is 1. The van der Waals surface area contributed by atoms with E-state index in [1.165, 1.54) is 6.07 Å². The Morgan fingerprint density at radius 2 is 1.89 bits per heavy atom. The maximum Gasteiger partial charge on any atom is 0.225 e. The van der Waals surface area contributed by atoms with E-state index in [9.17, 15) is 9.18 Å². The van der Waals surface area contributed by atoms with Crippen LogP contribution in [0.3, 0.4) is 0 Å². The molecule has 150 valence electrons. The third-order valence-electron chi connectivity index (χ3n) is 5.34. The number of piperidine rings is 1. The Morgan fingerprint density at radius 1 is 1.21 bits per heavy atom. The van der Waals surface area contributed by atoms with Gasteiger partial charge in [-0.2, -0.15) is 0 Å². The summed E-state index contributed by atoms with van der Waals surface area (Å²) in [5.41, 5.74) is 1.61. The molecular weight excluding hydrogens is 379 g/mol. The second-order valence-corrected chi connectivity index (χ2v) is 7.70. The summed E-state index contributed by atoms with van der Waals surface area (Å²) >= 11 is 6.13. The fourth-order valence-electron chi connectivity index (χ4n) is 3.64. The van der Waals surface area contributed by atoms with Crippen molar-refractivity contribution in [2.75, 3.05) is 27.2 Å². The molecule has 0 N–H and O–H groups in total. The topological polar surface area (TPSA) is 32.8 Å². The van der Waals surface area contributed by atoms with Gasteiger partial charge in [0.1, 0.15) is 11.6 Å². The van der Waals surface area contributed by atoms with E-state index in [0.717, 1.165) is 37.2 Å². The normalized spacial score (nSPS) is 15.4. The molecule has 2 aromatic carbocycles. The lowest BCUT2D eigenvalue weighted by molar-refractivity contribution is -0.136. The lowest BCUT2D eigenvalue weighted by Crippen LogP contribution is -2.40. The number of rotatable bonds is 6. The Hall–Kier alpha value is -2.11. The van der Waals surface area contributed by atoms with E-state index in [2.05, 4.69) is 4.90 Å². The summed E-state index contributed by atoms with van der Waals surface area (Å²) in [6, 6.07) is 12.5. The van der Waals surface area contributed by atoms with E-state index in [0.29, 0.717) is 23.7 Å². The van der Waals surface area contributed by atoms with Crippen LogP contribution in [0.15, 0.2) is 42.5 Å². The number of benzene rings is 2. The molecule has 0 aliphatic carbocycles. The van der Waals surface area contributed by atoms with Crippen LogP contribution in [0.2, 0.25) is 5.02 Å². The number of nitrogens with zero attached hydrogens (tertiary/aromatic N) is 2. The van der Waals surface area contributed by atoms with Crippen molar-refractivity contribution < 1.29 is 13.9 Å². The van der Waals surface area contributed by atoms with Crippen molar-refractivity contribution in [2.24, 2.45) is 5.92 Å². The highest BCUT2D eigenvalue weighted by Gasteiger charge is 2.27. The fraction of sp³-hybridized carbons (Fsp3) is 0.409. The van der Waals surface area contributed by atoms with Gasteiger partial charge in [0, 0.05) is 36.6 Å². The van der Waals surface area contributed by atoms with E-state index in [4.69, 9.17) is 16.3 Å². The van der Waals surface area contributed by atoms with E-state index in [-0.39, 0.29) is 17.6 Å². The molecule has 1 fully saturated rings. The van der Waals surface area contributed by atoms with Crippen LogP contribution in [-0.2, 0) is 17.9 Å². The molecule has 1 saturated heterocycles. The molecule has 1 heterocycles. The Morgan fingerprint density at radius 3 is 2.50 bits per heavy atom. The number of likely N-dealkylation sites (tertiary alicyclic amines) is 1. The highest BCUT2D eigenvalue weighted by molar-refractivity contribution is 6.31. The Kier molecular flexibility index (Phi) is 6.92. The largest absolute Gasteiger partial charge is 0.497 e. The molecule has 1 aliphatic heterocycles. The van der Waals surface area contributed by atoms with E-state index >= 15 is 0 Å². The van der Waals surface area contributed by atoms with Gasteiger partial charge in [-0.05, 0) is 55.8 Å². The quantitative estimate of drug-likeness (QED) is 0.717. The molecule has 0 radical (unpaired) electrons. The molecular formula is C22H26ClFN2O2. The number of halogens is 2. The van der Waals surface area contributed by atoms with E-state index in [1.807, 2.05) is 31.3 Å². The summed E-state index contributed by atoms with van der Waals surface area (Å²) in [5.74, 6) is 0.708. The summed E-state index contributed by atoms with van der Waals surface area (Å²) in [5, 5.41) is 0.456. The summed E-state index contributed by atoms with van der Waals surface area (Å²) in [6.45, 7) is 2.58. The van der Waals surface area contributed by atoms with Crippen molar-refractivity contribution in [2.45, 2.75) is 25.9 Å². The Balaban J connectivity index is 1.51. The third-order valence-corrected chi connectivity index (χ3v) is 5.69. The molecule has 0 atom stereocenters. The molecule has 0 aromatic heterocycles. The summed E-state index contributed by atoms with van der Waals surface area (Å²) in [7, 11) is 3.48. The first-order valence-electron chi connectivity index (χ1n) is 9.51. The minimum atomic E-state index is -0.273. The number of ether oxygens (including phenoxy) is 1. The van der Waals surface area contributed by atoms with Crippen LogP contribution in [-0.4, -0.2) is 43.0 Å². The molecule has 0 unspecified atom stereocenters. The molecule has 1 amide bonds. The van der Waals surface area contributed by atoms with Crippen molar-refractivity contribution in [3.05, 3.63) is 64.4 Å². The second-order valence-electron chi connectivity index (χ2n) is 7.29. The van der Waals surface area contributed by atoms with Gasteiger partial charge in [-0.25, -0.2) is 4.39 Å². The van der Waals surface area contributed by atoms with Gasteiger partial charge in [-0.3, -0.25) is 9.69 Å². The van der Waals surface area contributed by atoms with Gasteiger partial charge in [-0.15, -0.1) is 0 Å². The monoisotopic (exact) mass is 404 g/mol. The molecule has 0 saturated carbocycles. The predicted molar refractivity (Wildman–Crippen MR) is 109 cm³/mol. The Labute approximate surface area is 170 Å². The maximum absolute atomic E-state index is 14.0. The number of hydrogen-bond donors (Lipinski definition) is 0. The number of carbonyl (C=O) groups is 1. The van der Waals surface area contributed by atoms with E-state index < -0.39 is 0 Å². The molecule has 4 nitrogen and oxygen atoms in total. The van der Waals surface area contributed by atoms with Gasteiger partial charge >= 0.3 is 0 Å². The van der Waals surface area contributed by atoms with Crippen LogP contribution in [0.5, 0.6) is 5.75 Å². The smallest absolute Gasteiger partial charge is 0.225 e. The number of hydrogen-bond acceptors (Lipinski definition) is 3. The van der Waals surface area contributed by atoms with Crippen LogP contribution in [0, 0.1) is 11.7 Å². The minimum Gasteiger partial charge on any atom is -0.497 e. The lowest BCUT2D eigenvalue weighted by atomic mass is 9.95. The van der Waals surface area contributed by atoms with Crippen molar-refractivity contribution in [3.63, 3.8) is 0 Å². The fourth-order valence-corrected chi connectivity index (χ4v) is 3.86. The maximum atomic E-state index is 14.0. The molecule has 3 rings (SSSR count). The summed E-state index contributed by atoms with van der Waals surface area (Å²) < 4.78 is 19.2. The Bertz CT molecular complexity index is 784. The van der Waals surface area contributed by atoms with Crippen LogP contribution in [0.1, 0.15) is 24.0 Å². The van der Waals surface area contributed by atoms with Gasteiger partial charge in [0.25, 0.3) is 0 Å². The predicted octanol–water partition coefficient (Wildman–Crippen LogP) is 4.36. The third kappa shape index (κ3) is 5.03. The number of carbonyl (C=O) groups excluding carboxylic acids is 1. The van der Waals surface area contributed by atoms with Crippen LogP contribution in [0.4, 0.5) is 4.39 Å². The lowest BCUT2D eigenvalue weighted by Gasteiger charge is -2.33. The first-order chi connectivity index (χ1) is 13.5. The number of amides is 1. The molecule has 2 aromatic rings. The highest BCUT2D eigenvalue weighted by atomic mass is 35.5. The van der Waals surface area contributed by atoms with Crippen molar-refractivity contribution in [3.8, 4) is 5.75 Å². The van der Waals surface area contributed by atoms with Gasteiger partial charge in [-0.1, -0.05) is 29.8 Å². The zero-order chi connectivity index (χ0) is 20.1. The van der Waals surface area contributed by atoms with E-state index in [1.54, 1.807) is 24.1 Å². The molecule has 28 heavy (non-hydrogen) atoms. The molecule has 0 bridgehead atoms. The highest BCUT2D eigenvalue weighted by Crippen LogP contribution is 2.25. The minimum absolute atomic E-state index is 0.00981. The summed E-state index contributed by atoms with van der Waals surface area (Å²) in [6.07, 6.45) is 1.55. The summed E-state index contributed by atoms with van der Waals surface area (Å²) in [4.78, 5) is 16.8. The molecule has 1 aliphatic rings.